The first-order valence-corrected chi connectivity index (χ1v) is 13.9. The Morgan fingerprint density at radius 2 is 2.02 bits per heavy atom. The molecule has 1 aromatic carbocycles. The van der Waals surface area contributed by atoms with Crippen molar-refractivity contribution in [2.75, 3.05) is 11.9 Å². The van der Waals surface area contributed by atoms with Gasteiger partial charge in [-0.2, -0.15) is 0 Å². The highest BCUT2D eigenvalue weighted by Crippen LogP contribution is 2.44. The van der Waals surface area contributed by atoms with Gasteiger partial charge >= 0.3 is 0 Å². The van der Waals surface area contributed by atoms with Crippen LogP contribution < -0.4 is 10.1 Å². The lowest BCUT2D eigenvalue weighted by Gasteiger charge is -2.49. The number of anilines is 2. The first kappa shape index (κ1) is 26.0. The van der Waals surface area contributed by atoms with Gasteiger partial charge in [0.25, 0.3) is 0 Å². The molecule has 6 heterocycles. The molecule has 3 fully saturated rings. The minimum atomic E-state index is -0.506. The lowest BCUT2D eigenvalue weighted by atomic mass is 9.71. The number of pyridine rings is 2. The monoisotopic (exact) mass is 564 g/mol. The van der Waals surface area contributed by atoms with Crippen molar-refractivity contribution in [2.45, 2.75) is 38.1 Å². The lowest BCUT2D eigenvalue weighted by molar-refractivity contribution is -0.134. The number of aromatic nitrogens is 6. The van der Waals surface area contributed by atoms with Crippen molar-refractivity contribution < 1.29 is 13.9 Å². The van der Waals surface area contributed by atoms with Crippen molar-refractivity contribution in [3.8, 4) is 11.5 Å². The van der Waals surface area contributed by atoms with Crippen LogP contribution >= 0.6 is 0 Å². The summed E-state index contributed by atoms with van der Waals surface area (Å²) in [4.78, 5) is 36.9. The number of hydrogen-bond donors (Lipinski definition) is 1. The van der Waals surface area contributed by atoms with E-state index in [4.69, 9.17) is 9.72 Å². The number of amides is 1. The van der Waals surface area contributed by atoms with Crippen LogP contribution in [-0.2, 0) is 11.8 Å². The molecule has 0 spiro atoms. The molecule has 11 heteroatoms. The van der Waals surface area contributed by atoms with Crippen LogP contribution in [0.25, 0.3) is 22.2 Å². The Bertz CT molecular complexity index is 1870. The van der Waals surface area contributed by atoms with Gasteiger partial charge in [0.2, 0.25) is 5.91 Å². The summed E-state index contributed by atoms with van der Waals surface area (Å²) >= 11 is 0. The third kappa shape index (κ3) is 4.50. The minimum Gasteiger partial charge on any atom is -0.455 e. The molecule has 1 aliphatic carbocycles. The molecule has 1 N–H and O–H groups in total. The van der Waals surface area contributed by atoms with Crippen LogP contribution in [0, 0.1) is 18.7 Å². The summed E-state index contributed by atoms with van der Waals surface area (Å²) in [6.45, 7) is 6.29. The van der Waals surface area contributed by atoms with E-state index in [2.05, 4.69) is 31.8 Å². The molecule has 3 aliphatic rings. The molecule has 42 heavy (non-hydrogen) atoms. The van der Waals surface area contributed by atoms with E-state index in [-0.39, 0.29) is 23.6 Å². The Balaban J connectivity index is 1.17. The van der Waals surface area contributed by atoms with E-state index in [1.54, 1.807) is 24.7 Å². The third-order valence-corrected chi connectivity index (χ3v) is 8.39. The first-order chi connectivity index (χ1) is 20.4. The molecular formula is C31H29FN8O2. The summed E-state index contributed by atoms with van der Waals surface area (Å²) in [5, 5.41) is 3.13. The van der Waals surface area contributed by atoms with E-state index in [1.165, 1.54) is 18.5 Å². The number of hydrogen-bond acceptors (Lipinski definition) is 8. The fourth-order valence-corrected chi connectivity index (χ4v) is 6.31. The number of ether oxygens (including phenoxy) is 1. The molecule has 0 radical (unpaired) electrons. The highest BCUT2D eigenvalue weighted by molar-refractivity contribution is 5.88. The molecule has 0 unspecified atom stereocenters. The van der Waals surface area contributed by atoms with E-state index in [1.807, 2.05) is 35.6 Å². The molecule has 1 amide bonds. The number of imidazole rings is 1. The van der Waals surface area contributed by atoms with Crippen LogP contribution in [0.2, 0.25) is 0 Å². The quantitative estimate of drug-likeness (QED) is 0.267. The van der Waals surface area contributed by atoms with E-state index < -0.39 is 5.82 Å². The Kier molecular flexibility index (Phi) is 6.29. The second-order valence-electron chi connectivity index (χ2n) is 11.1. The number of piperidine rings is 2. The van der Waals surface area contributed by atoms with Gasteiger partial charge in [0.05, 0.1) is 23.7 Å². The van der Waals surface area contributed by atoms with Gasteiger partial charge in [0, 0.05) is 43.4 Å². The Hall–Kier alpha value is -4.93. The van der Waals surface area contributed by atoms with Gasteiger partial charge in [-0.15, -0.1) is 0 Å². The Morgan fingerprint density at radius 1 is 1.14 bits per heavy atom. The van der Waals surface area contributed by atoms with Gasteiger partial charge < -0.3 is 19.5 Å². The molecule has 1 saturated carbocycles. The van der Waals surface area contributed by atoms with E-state index in [9.17, 15) is 4.79 Å². The van der Waals surface area contributed by atoms with Crippen molar-refractivity contribution >= 4 is 39.6 Å². The topological polar surface area (TPSA) is 111 Å². The van der Waals surface area contributed by atoms with Crippen LogP contribution in [-0.4, -0.2) is 52.9 Å². The molecule has 2 aliphatic heterocycles. The lowest BCUT2D eigenvalue weighted by Crippen LogP contribution is -2.54. The second kappa shape index (κ2) is 10.2. The molecule has 5 aromatic rings. The SMILES string of the molecule is C=CC(=O)N1C[C@H]2CC[C@@H]1[C@@H](c1ccc3ncnc(Nc4cc(C)c(Oc5cnc6c(c5)ncn6C)cc4F)c3n1)C2. The predicted molar refractivity (Wildman–Crippen MR) is 156 cm³/mol. The third-order valence-electron chi connectivity index (χ3n) is 8.39. The summed E-state index contributed by atoms with van der Waals surface area (Å²) in [6.07, 6.45) is 9.12. The number of nitrogens with zero attached hydrogens (tertiary/aromatic N) is 7. The zero-order chi connectivity index (χ0) is 29.0. The Labute approximate surface area is 241 Å². The Morgan fingerprint density at radius 3 is 2.86 bits per heavy atom. The zero-order valence-electron chi connectivity index (χ0n) is 23.3. The van der Waals surface area contributed by atoms with E-state index in [0.717, 1.165) is 42.7 Å². The molecule has 3 atom stereocenters. The number of carbonyl (C=O) groups is 1. The first-order valence-electron chi connectivity index (χ1n) is 13.9. The van der Waals surface area contributed by atoms with Crippen LogP contribution in [0.4, 0.5) is 15.9 Å². The molecule has 10 nitrogen and oxygen atoms in total. The molecule has 212 valence electrons. The normalized spacial score (nSPS) is 19.8. The van der Waals surface area contributed by atoms with Crippen molar-refractivity contribution in [1.29, 1.82) is 0 Å². The number of halogens is 1. The smallest absolute Gasteiger partial charge is 0.246 e. The fraction of sp³-hybridized carbons (Fsp3) is 0.290. The molecule has 4 aromatic heterocycles. The molecular weight excluding hydrogens is 535 g/mol. The zero-order valence-corrected chi connectivity index (χ0v) is 23.3. The van der Waals surface area contributed by atoms with Gasteiger partial charge in [-0.05, 0) is 61.9 Å². The van der Waals surface area contributed by atoms with Crippen LogP contribution in [0.15, 0.2) is 61.8 Å². The van der Waals surface area contributed by atoms with Gasteiger partial charge in [0.1, 0.15) is 34.7 Å². The predicted octanol–water partition coefficient (Wildman–Crippen LogP) is 5.57. The number of benzene rings is 1. The molecule has 8 rings (SSSR count). The summed E-state index contributed by atoms with van der Waals surface area (Å²) in [5.74, 6) is 1.24. The maximum absolute atomic E-state index is 15.4. The highest BCUT2D eigenvalue weighted by atomic mass is 19.1. The second-order valence-corrected chi connectivity index (χ2v) is 11.1. The van der Waals surface area contributed by atoms with Gasteiger partial charge in [-0.25, -0.2) is 29.3 Å². The van der Waals surface area contributed by atoms with E-state index in [0.29, 0.717) is 39.8 Å². The van der Waals surface area contributed by atoms with Crippen molar-refractivity contribution in [1.82, 2.24) is 34.4 Å². The van der Waals surface area contributed by atoms with E-state index >= 15 is 4.39 Å². The van der Waals surface area contributed by atoms with Crippen molar-refractivity contribution in [3.05, 3.63) is 78.9 Å². The summed E-state index contributed by atoms with van der Waals surface area (Å²) in [6, 6.07) is 8.76. The molecule has 2 bridgehead atoms. The highest BCUT2D eigenvalue weighted by Gasteiger charge is 2.43. The summed E-state index contributed by atoms with van der Waals surface area (Å²) in [5.41, 5.74) is 4.46. The maximum Gasteiger partial charge on any atom is 0.246 e. The largest absolute Gasteiger partial charge is 0.455 e. The number of carbonyl (C=O) groups excluding carboxylic acids is 1. The summed E-state index contributed by atoms with van der Waals surface area (Å²) in [7, 11) is 1.87. The number of rotatable bonds is 6. The average molecular weight is 565 g/mol. The van der Waals surface area contributed by atoms with Crippen LogP contribution in [0.1, 0.15) is 36.4 Å². The minimum absolute atomic E-state index is 0.0345. The van der Waals surface area contributed by atoms with Crippen LogP contribution in [0.5, 0.6) is 11.5 Å². The number of fused-ring (bicyclic) bond motifs is 5. The van der Waals surface area contributed by atoms with Gasteiger partial charge in [-0.1, -0.05) is 6.58 Å². The van der Waals surface area contributed by atoms with Gasteiger partial charge in [-0.3, -0.25) is 4.79 Å². The fourth-order valence-electron chi connectivity index (χ4n) is 6.31. The van der Waals surface area contributed by atoms with Crippen molar-refractivity contribution in [2.24, 2.45) is 13.0 Å². The average Bonchev–Trinajstić information content (AvgIpc) is 3.38. The van der Waals surface area contributed by atoms with Crippen molar-refractivity contribution in [3.63, 3.8) is 0 Å². The number of aryl methyl sites for hydroxylation is 2. The van der Waals surface area contributed by atoms with Crippen LogP contribution in [0.3, 0.4) is 0 Å². The molecule has 2 saturated heterocycles. The number of nitrogens with one attached hydrogen (secondary N) is 1. The summed E-state index contributed by atoms with van der Waals surface area (Å²) < 4.78 is 23.2. The van der Waals surface area contributed by atoms with Gasteiger partial charge in [0.15, 0.2) is 11.5 Å². The standard InChI is InChI=1S/C31H29FN8O2/c1-4-28(41)40-14-18-5-8-26(40)20(10-18)22-6-7-23-29(37-22)30(35-15-34-23)38-24-9-17(2)27(12-21(24)32)42-19-11-25-31(33-13-19)39(3)16-36-25/h4,6-7,9,11-13,15-16,18,20,26H,1,5,8,10,14H2,2-3H3,(H,34,35,38)/t18-,20+,26+/m0/s1. The maximum atomic E-state index is 15.4.